The van der Waals surface area contributed by atoms with Crippen LogP contribution in [0.5, 0.6) is 0 Å². The second-order valence-electron chi connectivity index (χ2n) is 9.17. The number of urea groups is 1. The zero-order valence-electron chi connectivity index (χ0n) is 19.6. The lowest BCUT2D eigenvalue weighted by atomic mass is 10.1. The van der Waals surface area contributed by atoms with Gasteiger partial charge in [-0.1, -0.05) is 32.0 Å². The summed E-state index contributed by atoms with van der Waals surface area (Å²) >= 11 is 0. The van der Waals surface area contributed by atoms with Gasteiger partial charge in [-0.3, -0.25) is 4.79 Å². The molecule has 3 aromatic rings. The number of carbonyl (C=O) groups is 1. The van der Waals surface area contributed by atoms with Crippen LogP contribution in [-0.4, -0.2) is 34.7 Å². The van der Waals surface area contributed by atoms with Gasteiger partial charge in [0.2, 0.25) is 0 Å². The first-order valence-corrected chi connectivity index (χ1v) is 11.6. The van der Waals surface area contributed by atoms with Crippen molar-refractivity contribution < 1.29 is 18.0 Å². The molecule has 0 spiro atoms. The molecule has 0 aliphatic carbocycles. The zero-order valence-corrected chi connectivity index (χ0v) is 19.6. The number of alkyl halides is 3. The Morgan fingerprint density at radius 3 is 2.51 bits per heavy atom. The zero-order chi connectivity index (χ0) is 25.2. The van der Waals surface area contributed by atoms with E-state index >= 15 is 0 Å². The quantitative estimate of drug-likeness (QED) is 0.539. The van der Waals surface area contributed by atoms with Crippen molar-refractivity contribution in [2.75, 3.05) is 23.3 Å². The molecule has 1 aromatic heterocycles. The molecular formula is C25H28F3N5O2. The van der Waals surface area contributed by atoms with Crippen LogP contribution in [0.2, 0.25) is 0 Å². The Labute approximate surface area is 201 Å². The van der Waals surface area contributed by atoms with Crippen molar-refractivity contribution in [2.24, 2.45) is 5.92 Å². The Hall–Kier alpha value is -3.56. The number of anilines is 2. The molecule has 186 valence electrons. The van der Waals surface area contributed by atoms with Gasteiger partial charge in [-0.05, 0) is 49.1 Å². The molecule has 2 aromatic carbocycles. The number of amides is 2. The Morgan fingerprint density at radius 2 is 1.83 bits per heavy atom. The Morgan fingerprint density at radius 1 is 1.11 bits per heavy atom. The molecule has 0 radical (unpaired) electrons. The number of aromatic nitrogens is 2. The van der Waals surface area contributed by atoms with Crippen LogP contribution in [0.25, 0.3) is 11.0 Å². The number of fused-ring (bicyclic) bond motifs is 1. The lowest BCUT2D eigenvalue weighted by Crippen LogP contribution is -2.47. The minimum Gasteiger partial charge on any atom is -0.352 e. The molecular weight excluding hydrogens is 459 g/mol. The lowest BCUT2D eigenvalue weighted by molar-refractivity contribution is -0.137. The van der Waals surface area contributed by atoms with Gasteiger partial charge >= 0.3 is 12.2 Å². The fourth-order valence-corrected chi connectivity index (χ4v) is 4.29. The van der Waals surface area contributed by atoms with Gasteiger partial charge in [-0.15, -0.1) is 0 Å². The van der Waals surface area contributed by atoms with E-state index in [1.165, 1.54) is 12.1 Å². The first kappa shape index (κ1) is 24.6. The van der Waals surface area contributed by atoms with E-state index in [0.717, 1.165) is 23.2 Å². The summed E-state index contributed by atoms with van der Waals surface area (Å²) in [6.45, 7) is 5.75. The summed E-state index contributed by atoms with van der Waals surface area (Å²) < 4.78 is 40.5. The third-order valence-electron chi connectivity index (χ3n) is 5.96. The largest absolute Gasteiger partial charge is 0.416 e. The summed E-state index contributed by atoms with van der Waals surface area (Å²) in [6, 6.07) is 11.3. The van der Waals surface area contributed by atoms with Crippen molar-refractivity contribution in [3.8, 4) is 0 Å². The number of hydrogen-bond acceptors (Lipinski definition) is 4. The van der Waals surface area contributed by atoms with E-state index in [4.69, 9.17) is 0 Å². The first-order chi connectivity index (χ1) is 16.6. The van der Waals surface area contributed by atoms with Crippen LogP contribution >= 0.6 is 0 Å². The monoisotopic (exact) mass is 487 g/mol. The number of halogens is 3. The minimum absolute atomic E-state index is 0.0702. The molecule has 1 saturated heterocycles. The maximum atomic E-state index is 13.3. The summed E-state index contributed by atoms with van der Waals surface area (Å²) in [5.74, 6) is 0.688. The van der Waals surface area contributed by atoms with Crippen molar-refractivity contribution in [3.63, 3.8) is 0 Å². The number of rotatable bonds is 5. The third kappa shape index (κ3) is 5.75. The van der Waals surface area contributed by atoms with Gasteiger partial charge in [-0.25, -0.2) is 9.78 Å². The molecule has 1 fully saturated rings. The van der Waals surface area contributed by atoms with Gasteiger partial charge in [0.15, 0.2) is 5.82 Å². The average molecular weight is 488 g/mol. The summed E-state index contributed by atoms with van der Waals surface area (Å²) in [7, 11) is 0. The number of piperidine rings is 1. The molecule has 7 nitrogen and oxygen atoms in total. The second-order valence-corrected chi connectivity index (χ2v) is 9.17. The topological polar surface area (TPSA) is 79.3 Å². The van der Waals surface area contributed by atoms with Gasteiger partial charge in [0, 0.05) is 31.4 Å². The van der Waals surface area contributed by atoms with E-state index < -0.39 is 17.8 Å². The fourth-order valence-electron chi connectivity index (χ4n) is 4.29. The van der Waals surface area contributed by atoms with Crippen molar-refractivity contribution in [1.29, 1.82) is 0 Å². The van der Waals surface area contributed by atoms with Crippen molar-refractivity contribution in [3.05, 3.63) is 64.4 Å². The highest BCUT2D eigenvalue weighted by atomic mass is 19.4. The van der Waals surface area contributed by atoms with Crippen LogP contribution in [0.15, 0.2) is 53.3 Å². The van der Waals surface area contributed by atoms with E-state index in [1.54, 1.807) is 4.57 Å². The number of hydrogen-bond donors (Lipinski definition) is 2. The Kier molecular flexibility index (Phi) is 7.00. The fraction of sp³-hybridized carbons (Fsp3) is 0.400. The van der Waals surface area contributed by atoms with Crippen molar-refractivity contribution in [2.45, 2.75) is 45.5 Å². The molecule has 0 saturated carbocycles. The van der Waals surface area contributed by atoms with E-state index in [0.29, 0.717) is 38.3 Å². The van der Waals surface area contributed by atoms with E-state index in [1.807, 2.05) is 29.2 Å². The molecule has 2 heterocycles. The van der Waals surface area contributed by atoms with E-state index in [9.17, 15) is 22.8 Å². The molecule has 2 amide bonds. The van der Waals surface area contributed by atoms with Crippen LogP contribution in [0.4, 0.5) is 29.5 Å². The molecule has 0 unspecified atom stereocenters. The Balaban J connectivity index is 1.41. The van der Waals surface area contributed by atoms with Crippen LogP contribution in [0, 0.1) is 5.92 Å². The average Bonchev–Trinajstić information content (AvgIpc) is 2.81. The van der Waals surface area contributed by atoms with Crippen LogP contribution in [0.1, 0.15) is 32.3 Å². The van der Waals surface area contributed by atoms with Gasteiger partial charge in [0.05, 0.1) is 16.6 Å². The summed E-state index contributed by atoms with van der Waals surface area (Å²) in [6.07, 6.45) is -3.33. The summed E-state index contributed by atoms with van der Waals surface area (Å²) in [5.41, 5.74) is 0.669. The number of nitrogens with one attached hydrogen (secondary N) is 2. The summed E-state index contributed by atoms with van der Waals surface area (Å²) in [5, 5.41) is 5.29. The molecule has 4 rings (SSSR count). The molecule has 0 atom stereocenters. The Bertz CT molecular complexity index is 1260. The number of para-hydroxylation sites is 2. The van der Waals surface area contributed by atoms with Gasteiger partial charge in [-0.2, -0.15) is 13.2 Å². The lowest BCUT2D eigenvalue weighted by Gasteiger charge is -2.33. The van der Waals surface area contributed by atoms with Crippen LogP contribution < -0.4 is 21.1 Å². The van der Waals surface area contributed by atoms with Crippen LogP contribution in [0.3, 0.4) is 0 Å². The maximum Gasteiger partial charge on any atom is 0.416 e. The molecule has 10 heteroatoms. The predicted octanol–water partition coefficient (Wildman–Crippen LogP) is 4.86. The summed E-state index contributed by atoms with van der Waals surface area (Å²) in [4.78, 5) is 32.2. The molecule has 2 N–H and O–H groups in total. The number of carbonyl (C=O) groups excluding carboxylic acids is 1. The number of benzene rings is 2. The van der Waals surface area contributed by atoms with Crippen molar-refractivity contribution >= 4 is 28.6 Å². The van der Waals surface area contributed by atoms with Crippen LogP contribution in [-0.2, 0) is 12.7 Å². The SMILES string of the molecule is CC(C)Cn1c(=O)c(N2CCC(NC(=O)Nc3cccc(C(F)(F)F)c3)CC2)nc2ccccc21. The molecule has 0 bridgehead atoms. The highest BCUT2D eigenvalue weighted by molar-refractivity contribution is 5.89. The highest BCUT2D eigenvalue weighted by Crippen LogP contribution is 2.30. The van der Waals surface area contributed by atoms with Gasteiger partial charge in [0.1, 0.15) is 0 Å². The molecule has 1 aliphatic heterocycles. The molecule has 1 aliphatic rings. The van der Waals surface area contributed by atoms with E-state index in [-0.39, 0.29) is 23.2 Å². The minimum atomic E-state index is -4.48. The normalized spacial score (nSPS) is 15.0. The highest BCUT2D eigenvalue weighted by Gasteiger charge is 2.30. The standard InChI is InChI=1S/C25H28F3N5O2/c1-16(2)15-33-21-9-4-3-8-20(21)31-22(23(33)34)32-12-10-18(11-13-32)29-24(35)30-19-7-5-6-17(14-19)25(26,27)28/h3-9,14,16,18H,10-13,15H2,1-2H3,(H2,29,30,35). The van der Waals surface area contributed by atoms with Gasteiger partial charge < -0.3 is 20.1 Å². The van der Waals surface area contributed by atoms with Crippen molar-refractivity contribution in [1.82, 2.24) is 14.9 Å². The smallest absolute Gasteiger partial charge is 0.352 e. The predicted molar refractivity (Wildman–Crippen MR) is 130 cm³/mol. The second kappa shape index (κ2) is 9.97. The number of nitrogens with zero attached hydrogens (tertiary/aromatic N) is 3. The third-order valence-corrected chi connectivity index (χ3v) is 5.96. The maximum absolute atomic E-state index is 13.3. The molecule has 35 heavy (non-hydrogen) atoms. The first-order valence-electron chi connectivity index (χ1n) is 11.6. The van der Waals surface area contributed by atoms with Gasteiger partial charge in [0.25, 0.3) is 5.56 Å². The van der Waals surface area contributed by atoms with E-state index in [2.05, 4.69) is 29.5 Å².